The van der Waals surface area contributed by atoms with E-state index in [2.05, 4.69) is 38.6 Å². The number of rotatable bonds is 9. The van der Waals surface area contributed by atoms with E-state index >= 15 is 0 Å². The van der Waals surface area contributed by atoms with E-state index in [9.17, 15) is 4.79 Å². The molecule has 2 N–H and O–H groups in total. The first kappa shape index (κ1) is 18.5. The van der Waals surface area contributed by atoms with Crippen LogP contribution in [-0.4, -0.2) is 30.7 Å². The number of nitrogens with one attached hydrogen (secondary N) is 2. The number of carbonyl (C=O) groups is 1. The van der Waals surface area contributed by atoms with E-state index in [1.807, 2.05) is 13.0 Å². The van der Waals surface area contributed by atoms with Crippen molar-refractivity contribution in [3.63, 3.8) is 0 Å². The minimum atomic E-state index is -0.105. The lowest BCUT2D eigenvalue weighted by molar-refractivity contribution is 0.0954. The van der Waals surface area contributed by atoms with Gasteiger partial charge in [-0.2, -0.15) is 0 Å². The van der Waals surface area contributed by atoms with Crippen LogP contribution >= 0.6 is 15.9 Å². The van der Waals surface area contributed by atoms with Crippen LogP contribution in [0.25, 0.3) is 0 Å². The lowest BCUT2D eigenvalue weighted by atomic mass is 10.2. The van der Waals surface area contributed by atoms with E-state index in [1.54, 1.807) is 18.2 Å². The Bertz CT molecular complexity index is 673. The zero-order valence-corrected chi connectivity index (χ0v) is 15.5. The predicted molar refractivity (Wildman–Crippen MR) is 95.2 cm³/mol. The van der Waals surface area contributed by atoms with Gasteiger partial charge in [0.2, 0.25) is 0 Å². The van der Waals surface area contributed by atoms with Gasteiger partial charge in [0, 0.05) is 24.7 Å². The maximum absolute atomic E-state index is 12.1. The third-order valence-corrected chi connectivity index (χ3v) is 3.87. The third kappa shape index (κ3) is 5.65. The quantitative estimate of drug-likeness (QED) is 0.638. The van der Waals surface area contributed by atoms with Crippen molar-refractivity contribution >= 4 is 21.8 Å². The van der Waals surface area contributed by atoms with Crippen LogP contribution in [0.2, 0.25) is 0 Å². The molecule has 130 valence electrons. The lowest BCUT2D eigenvalue weighted by Gasteiger charge is -2.09. The van der Waals surface area contributed by atoms with Crippen molar-refractivity contribution in [1.82, 2.24) is 15.8 Å². The number of nitrogens with zero attached hydrogens (tertiary/aromatic N) is 1. The Morgan fingerprint density at radius 1 is 1.29 bits per heavy atom. The Kier molecular flexibility index (Phi) is 7.27. The van der Waals surface area contributed by atoms with E-state index in [0.29, 0.717) is 23.6 Å². The second kappa shape index (κ2) is 9.44. The summed E-state index contributed by atoms with van der Waals surface area (Å²) in [5.41, 5.74) is 1.40. The maximum atomic E-state index is 12.1. The highest BCUT2D eigenvalue weighted by molar-refractivity contribution is 9.10. The fourth-order valence-electron chi connectivity index (χ4n) is 2.06. The number of aromatic nitrogens is 1. The van der Waals surface area contributed by atoms with Crippen LogP contribution in [0.5, 0.6) is 5.75 Å². The van der Waals surface area contributed by atoms with Crippen molar-refractivity contribution < 1.29 is 14.1 Å². The number of amides is 1. The second-order valence-electron chi connectivity index (χ2n) is 5.37. The van der Waals surface area contributed by atoms with E-state index < -0.39 is 0 Å². The highest BCUT2D eigenvalue weighted by atomic mass is 79.9. The van der Waals surface area contributed by atoms with E-state index in [1.165, 1.54) is 0 Å². The highest BCUT2D eigenvalue weighted by Gasteiger charge is 2.10. The van der Waals surface area contributed by atoms with Crippen LogP contribution in [0.1, 0.15) is 35.2 Å². The molecule has 1 amide bonds. The molecule has 0 unspecified atom stereocenters. The zero-order chi connectivity index (χ0) is 17.4. The molecule has 2 aromatic rings. The molecule has 0 aliphatic heterocycles. The predicted octanol–water partition coefficient (Wildman–Crippen LogP) is 3.05. The molecule has 0 saturated carbocycles. The van der Waals surface area contributed by atoms with Gasteiger partial charge in [-0.05, 0) is 54.0 Å². The summed E-state index contributed by atoms with van der Waals surface area (Å²) in [4.78, 5) is 12.1. The molecule has 0 atom stereocenters. The third-order valence-electron chi connectivity index (χ3n) is 3.25. The molecule has 2 rings (SSSR count). The number of aryl methyl sites for hydroxylation is 1. The minimum Gasteiger partial charge on any atom is -0.484 e. The van der Waals surface area contributed by atoms with E-state index in [4.69, 9.17) is 9.26 Å². The largest absolute Gasteiger partial charge is 0.484 e. The van der Waals surface area contributed by atoms with Crippen molar-refractivity contribution in [1.29, 1.82) is 0 Å². The molecular weight excluding hydrogens is 374 g/mol. The molecule has 1 aromatic heterocycles. The van der Waals surface area contributed by atoms with Crippen LogP contribution in [0.3, 0.4) is 0 Å². The van der Waals surface area contributed by atoms with Crippen molar-refractivity contribution in [2.24, 2.45) is 0 Å². The monoisotopic (exact) mass is 395 g/mol. The maximum Gasteiger partial charge on any atom is 0.251 e. The SMILES string of the molecule is CCCNCCNC(=O)c1ccc(OCc2cc(C)no2)c(Br)c1. The van der Waals surface area contributed by atoms with Crippen molar-refractivity contribution in [2.45, 2.75) is 26.9 Å². The first-order valence-corrected chi connectivity index (χ1v) is 8.73. The molecule has 0 fully saturated rings. The zero-order valence-electron chi connectivity index (χ0n) is 13.9. The minimum absolute atomic E-state index is 0.105. The Morgan fingerprint density at radius 3 is 2.79 bits per heavy atom. The molecule has 0 bridgehead atoms. The molecule has 0 aliphatic rings. The van der Waals surface area contributed by atoms with Crippen LogP contribution < -0.4 is 15.4 Å². The average molecular weight is 396 g/mol. The smallest absolute Gasteiger partial charge is 0.251 e. The average Bonchev–Trinajstić information content (AvgIpc) is 2.98. The van der Waals surface area contributed by atoms with E-state index in [0.717, 1.165) is 29.7 Å². The Balaban J connectivity index is 1.85. The standard InChI is InChI=1S/C17H22BrN3O3/c1-3-6-19-7-8-20-17(22)13-4-5-16(15(18)10-13)23-11-14-9-12(2)21-24-14/h4-5,9-10,19H,3,6-8,11H2,1-2H3,(H,20,22). The van der Waals surface area contributed by atoms with Crippen LogP contribution in [-0.2, 0) is 6.61 Å². The van der Waals surface area contributed by atoms with E-state index in [-0.39, 0.29) is 12.5 Å². The summed E-state index contributed by atoms with van der Waals surface area (Å²) in [6.07, 6.45) is 1.08. The fraction of sp³-hybridized carbons (Fsp3) is 0.412. The molecule has 7 heteroatoms. The van der Waals surface area contributed by atoms with Gasteiger partial charge in [-0.3, -0.25) is 4.79 Å². The van der Waals surface area contributed by atoms with Crippen LogP contribution in [0.15, 0.2) is 33.3 Å². The highest BCUT2D eigenvalue weighted by Crippen LogP contribution is 2.27. The second-order valence-corrected chi connectivity index (χ2v) is 6.23. The van der Waals surface area contributed by atoms with Crippen molar-refractivity contribution in [3.05, 3.63) is 45.8 Å². The summed E-state index contributed by atoms with van der Waals surface area (Å²) in [7, 11) is 0. The molecule has 0 saturated heterocycles. The normalized spacial score (nSPS) is 10.6. The molecule has 1 heterocycles. The number of carbonyl (C=O) groups excluding carboxylic acids is 1. The molecule has 0 radical (unpaired) electrons. The Morgan fingerprint density at radius 2 is 2.12 bits per heavy atom. The molecular formula is C17H22BrN3O3. The number of hydrogen-bond acceptors (Lipinski definition) is 5. The van der Waals surface area contributed by atoms with Gasteiger partial charge in [0.15, 0.2) is 5.76 Å². The first-order valence-electron chi connectivity index (χ1n) is 7.93. The summed E-state index contributed by atoms with van der Waals surface area (Å²) < 4.78 is 11.5. The van der Waals surface area contributed by atoms with Gasteiger partial charge in [-0.15, -0.1) is 0 Å². The molecule has 6 nitrogen and oxygen atoms in total. The molecule has 24 heavy (non-hydrogen) atoms. The van der Waals surface area contributed by atoms with Gasteiger partial charge in [0.25, 0.3) is 5.91 Å². The first-order chi connectivity index (χ1) is 11.6. The number of halogens is 1. The molecule has 1 aromatic carbocycles. The molecule has 0 aliphatic carbocycles. The topological polar surface area (TPSA) is 76.4 Å². The van der Waals surface area contributed by atoms with Crippen LogP contribution in [0.4, 0.5) is 0 Å². The van der Waals surface area contributed by atoms with Gasteiger partial charge >= 0.3 is 0 Å². The van der Waals surface area contributed by atoms with Gasteiger partial charge in [-0.1, -0.05) is 12.1 Å². The summed E-state index contributed by atoms with van der Waals surface area (Å²) in [6, 6.07) is 7.07. The van der Waals surface area contributed by atoms with Crippen molar-refractivity contribution in [3.8, 4) is 5.75 Å². The Hall–Kier alpha value is -1.86. The van der Waals surface area contributed by atoms with Crippen molar-refractivity contribution in [2.75, 3.05) is 19.6 Å². The fourth-order valence-corrected chi connectivity index (χ4v) is 2.55. The van der Waals surface area contributed by atoms with Crippen LogP contribution in [0, 0.1) is 6.92 Å². The van der Waals surface area contributed by atoms with Gasteiger partial charge in [0.1, 0.15) is 12.4 Å². The number of benzene rings is 1. The summed E-state index contributed by atoms with van der Waals surface area (Å²) >= 11 is 3.43. The summed E-state index contributed by atoms with van der Waals surface area (Å²) in [5.74, 6) is 1.19. The summed E-state index contributed by atoms with van der Waals surface area (Å²) in [5, 5.41) is 9.93. The van der Waals surface area contributed by atoms with Gasteiger partial charge in [0.05, 0.1) is 10.2 Å². The number of hydrogen-bond donors (Lipinski definition) is 2. The van der Waals surface area contributed by atoms with Gasteiger partial charge in [-0.25, -0.2) is 0 Å². The lowest BCUT2D eigenvalue weighted by Crippen LogP contribution is -2.32. The Labute approximate surface area is 150 Å². The number of ether oxygens (including phenoxy) is 1. The van der Waals surface area contributed by atoms with Gasteiger partial charge < -0.3 is 19.9 Å². The summed E-state index contributed by atoms with van der Waals surface area (Å²) in [6.45, 7) is 6.56. The molecule has 0 spiro atoms.